The van der Waals surface area contributed by atoms with E-state index in [1.54, 1.807) is 4.68 Å². The van der Waals surface area contributed by atoms with Gasteiger partial charge in [-0.3, -0.25) is 9.78 Å². The minimum absolute atomic E-state index is 0.593. The van der Waals surface area contributed by atoms with E-state index in [9.17, 15) is 0 Å². The quantitative estimate of drug-likeness (QED) is 0.761. The molecule has 0 saturated carbocycles. The monoisotopic (exact) mass is 205 g/mol. The number of hydrogen-bond donors (Lipinski definition) is 1. The number of H-pyrrole nitrogens is 1. The molecule has 0 spiro atoms. The van der Waals surface area contributed by atoms with Crippen molar-refractivity contribution in [1.82, 2.24) is 14.8 Å². The third kappa shape index (κ3) is 1.90. The highest BCUT2D eigenvalue weighted by atomic mass is 32.1. The van der Waals surface area contributed by atoms with Crippen LogP contribution >= 0.6 is 12.2 Å². The number of nitrogens with zero attached hydrogens (tertiary/aromatic N) is 2. The Kier molecular flexibility index (Phi) is 2.45. The molecule has 2 aromatic rings. The average molecular weight is 205 g/mol. The molecular weight excluding hydrogens is 194 g/mol. The molecule has 4 heteroatoms. The van der Waals surface area contributed by atoms with Crippen LogP contribution in [0.2, 0.25) is 0 Å². The van der Waals surface area contributed by atoms with Crippen LogP contribution in [0.5, 0.6) is 0 Å². The van der Waals surface area contributed by atoms with Gasteiger partial charge < -0.3 is 0 Å². The maximum absolute atomic E-state index is 5.01. The van der Waals surface area contributed by atoms with Crippen molar-refractivity contribution in [2.45, 2.75) is 6.42 Å². The molecule has 0 amide bonds. The van der Waals surface area contributed by atoms with Gasteiger partial charge >= 0.3 is 0 Å². The molecule has 0 aliphatic carbocycles. The van der Waals surface area contributed by atoms with E-state index in [0.29, 0.717) is 4.77 Å². The maximum atomic E-state index is 5.01. The Labute approximate surface area is 87.4 Å². The van der Waals surface area contributed by atoms with Crippen molar-refractivity contribution in [2.75, 3.05) is 0 Å². The van der Waals surface area contributed by atoms with Gasteiger partial charge in [-0.15, -0.1) is 0 Å². The van der Waals surface area contributed by atoms with E-state index in [-0.39, 0.29) is 0 Å². The van der Waals surface area contributed by atoms with Crippen LogP contribution in [-0.2, 0) is 13.5 Å². The molecule has 72 valence electrons. The standard InChI is InChI=1S/C10H11N3S/c1-13-10(14)11-9(12-13)7-8-5-3-2-4-6-8/h2-6H,7H2,1H3,(H,11,12,14). The third-order valence-corrected chi connectivity index (χ3v) is 2.39. The van der Waals surface area contributed by atoms with Crippen molar-refractivity contribution < 1.29 is 0 Å². The second kappa shape index (κ2) is 3.75. The van der Waals surface area contributed by atoms with Crippen molar-refractivity contribution in [2.24, 2.45) is 7.05 Å². The lowest BCUT2D eigenvalue weighted by Gasteiger charge is -1.96. The predicted octanol–water partition coefficient (Wildman–Crippen LogP) is 2.07. The fourth-order valence-electron chi connectivity index (χ4n) is 1.33. The minimum Gasteiger partial charge on any atom is -0.283 e. The molecule has 0 unspecified atom stereocenters. The Morgan fingerprint density at radius 3 is 2.64 bits per heavy atom. The second-order valence-electron chi connectivity index (χ2n) is 3.17. The molecule has 0 aliphatic heterocycles. The van der Waals surface area contributed by atoms with Crippen LogP contribution < -0.4 is 0 Å². The van der Waals surface area contributed by atoms with E-state index in [1.165, 1.54) is 5.56 Å². The van der Waals surface area contributed by atoms with Crippen molar-refractivity contribution in [3.05, 3.63) is 46.5 Å². The van der Waals surface area contributed by atoms with Crippen molar-refractivity contribution >= 4 is 12.2 Å². The van der Waals surface area contributed by atoms with E-state index in [1.807, 2.05) is 25.2 Å². The molecule has 3 nitrogen and oxygen atoms in total. The number of nitrogens with one attached hydrogen (secondary N) is 1. The van der Waals surface area contributed by atoms with Gasteiger partial charge in [-0.25, -0.2) is 4.98 Å². The number of hydrogen-bond acceptors (Lipinski definition) is 2. The first-order valence-electron chi connectivity index (χ1n) is 4.41. The highest BCUT2D eigenvalue weighted by Crippen LogP contribution is 2.04. The van der Waals surface area contributed by atoms with Crippen LogP contribution in [0.15, 0.2) is 30.3 Å². The Hall–Kier alpha value is -1.42. The predicted molar refractivity (Wildman–Crippen MR) is 57.6 cm³/mol. The third-order valence-electron chi connectivity index (χ3n) is 2.03. The summed E-state index contributed by atoms with van der Waals surface area (Å²) in [4.78, 5) is 4.23. The highest BCUT2D eigenvalue weighted by Gasteiger charge is 1.99. The van der Waals surface area contributed by atoms with Gasteiger partial charge in [0.2, 0.25) is 4.77 Å². The van der Waals surface area contributed by atoms with Crippen LogP contribution in [0, 0.1) is 4.77 Å². The molecular formula is C10H11N3S. The van der Waals surface area contributed by atoms with Gasteiger partial charge in [0.15, 0.2) is 0 Å². The lowest BCUT2D eigenvalue weighted by atomic mass is 10.1. The van der Waals surface area contributed by atoms with Crippen LogP contribution in [0.1, 0.15) is 11.4 Å². The summed E-state index contributed by atoms with van der Waals surface area (Å²) < 4.78 is 2.34. The first-order valence-corrected chi connectivity index (χ1v) is 4.82. The van der Waals surface area contributed by atoms with Gasteiger partial charge in [-0.2, -0.15) is 0 Å². The molecule has 1 N–H and O–H groups in total. The summed E-state index contributed by atoms with van der Waals surface area (Å²) in [6.07, 6.45) is 0.797. The van der Waals surface area contributed by atoms with Crippen LogP contribution in [-0.4, -0.2) is 14.8 Å². The Balaban J connectivity index is 2.23. The molecule has 0 fully saturated rings. The van der Waals surface area contributed by atoms with E-state index >= 15 is 0 Å². The number of aryl methyl sites for hydroxylation is 1. The summed E-state index contributed by atoms with van der Waals surface area (Å²) in [5.74, 6) is 0.906. The largest absolute Gasteiger partial charge is 0.283 e. The van der Waals surface area contributed by atoms with Crippen molar-refractivity contribution in [3.63, 3.8) is 0 Å². The number of aromatic nitrogens is 3. The molecule has 2 rings (SSSR count). The van der Waals surface area contributed by atoms with Gasteiger partial charge in [0, 0.05) is 13.5 Å². The lowest BCUT2D eigenvalue weighted by Crippen LogP contribution is -1.93. The van der Waals surface area contributed by atoms with Gasteiger partial charge in [0.25, 0.3) is 0 Å². The lowest BCUT2D eigenvalue weighted by molar-refractivity contribution is 0.740. The van der Waals surface area contributed by atoms with E-state index in [2.05, 4.69) is 22.2 Å². The van der Waals surface area contributed by atoms with Crippen LogP contribution in [0.25, 0.3) is 0 Å². The molecule has 1 aromatic carbocycles. The maximum Gasteiger partial charge on any atom is 0.215 e. The number of rotatable bonds is 2. The van der Waals surface area contributed by atoms with Crippen molar-refractivity contribution in [1.29, 1.82) is 0 Å². The summed E-state index contributed by atoms with van der Waals surface area (Å²) in [7, 11) is 1.86. The zero-order valence-corrected chi connectivity index (χ0v) is 8.71. The minimum atomic E-state index is 0.593. The molecule has 0 aliphatic rings. The average Bonchev–Trinajstić information content (AvgIpc) is 2.47. The first kappa shape index (κ1) is 9.15. The van der Waals surface area contributed by atoms with Gasteiger partial charge in [-0.1, -0.05) is 30.3 Å². The highest BCUT2D eigenvalue weighted by molar-refractivity contribution is 7.71. The Morgan fingerprint density at radius 1 is 1.36 bits per heavy atom. The molecule has 1 aromatic heterocycles. The van der Waals surface area contributed by atoms with Crippen LogP contribution in [0.3, 0.4) is 0 Å². The van der Waals surface area contributed by atoms with E-state index < -0.39 is 0 Å². The molecule has 1 heterocycles. The number of aromatic amines is 1. The smallest absolute Gasteiger partial charge is 0.215 e. The van der Waals surface area contributed by atoms with E-state index in [0.717, 1.165) is 12.2 Å². The summed E-state index contributed by atoms with van der Waals surface area (Å²) >= 11 is 5.01. The van der Waals surface area contributed by atoms with E-state index in [4.69, 9.17) is 12.2 Å². The Bertz CT molecular complexity index is 470. The first-order chi connectivity index (χ1) is 6.75. The summed E-state index contributed by atoms with van der Waals surface area (Å²) in [5, 5.41) is 3.09. The summed E-state index contributed by atoms with van der Waals surface area (Å²) in [5.41, 5.74) is 1.23. The Morgan fingerprint density at radius 2 is 2.07 bits per heavy atom. The van der Waals surface area contributed by atoms with Gasteiger partial charge in [0.05, 0.1) is 0 Å². The molecule has 0 bridgehead atoms. The van der Waals surface area contributed by atoms with Crippen LogP contribution in [0.4, 0.5) is 0 Å². The van der Waals surface area contributed by atoms with Gasteiger partial charge in [0.1, 0.15) is 5.82 Å². The fourth-order valence-corrected chi connectivity index (χ4v) is 1.48. The molecule has 14 heavy (non-hydrogen) atoms. The zero-order valence-electron chi connectivity index (χ0n) is 7.90. The normalized spacial score (nSPS) is 10.4. The molecule has 0 radical (unpaired) electrons. The summed E-state index contributed by atoms with van der Waals surface area (Å²) in [6, 6.07) is 10.2. The molecule has 0 saturated heterocycles. The molecule has 0 atom stereocenters. The topological polar surface area (TPSA) is 33.6 Å². The second-order valence-corrected chi connectivity index (χ2v) is 3.54. The summed E-state index contributed by atoms with van der Waals surface area (Å²) in [6.45, 7) is 0. The number of benzene rings is 1. The SMILES string of the molecule is Cn1[nH]c(Cc2ccccc2)nc1=S. The van der Waals surface area contributed by atoms with Crippen molar-refractivity contribution in [3.8, 4) is 0 Å². The fraction of sp³-hybridized carbons (Fsp3) is 0.200. The zero-order chi connectivity index (χ0) is 9.97. The van der Waals surface area contributed by atoms with Gasteiger partial charge in [-0.05, 0) is 17.8 Å².